The van der Waals surface area contributed by atoms with Crippen molar-refractivity contribution in [1.82, 2.24) is 9.78 Å². The number of hydrogen-bond donors (Lipinski definition) is 0. The van der Waals surface area contributed by atoms with Gasteiger partial charge in [-0.1, -0.05) is 32.9 Å². The summed E-state index contributed by atoms with van der Waals surface area (Å²) in [5.74, 6) is 0. The fraction of sp³-hybridized carbons (Fsp3) is 0.375. The average Bonchev–Trinajstić information content (AvgIpc) is 2.39. The van der Waals surface area contributed by atoms with Crippen molar-refractivity contribution < 1.29 is 13.2 Å². The second-order valence-electron chi connectivity index (χ2n) is 6.16. The SMILES string of the molecule is CC(C)(C)c1ccc(=O)n(Cc2ccc(C(F)(F)F)cc2)n1. The van der Waals surface area contributed by atoms with Crippen LogP contribution >= 0.6 is 0 Å². The monoisotopic (exact) mass is 310 g/mol. The molecule has 0 aliphatic rings. The largest absolute Gasteiger partial charge is 0.416 e. The molecule has 6 heteroatoms. The molecule has 3 nitrogen and oxygen atoms in total. The van der Waals surface area contributed by atoms with Gasteiger partial charge in [0.1, 0.15) is 0 Å². The van der Waals surface area contributed by atoms with Gasteiger partial charge in [0.25, 0.3) is 5.56 Å². The molecule has 0 bridgehead atoms. The van der Waals surface area contributed by atoms with E-state index in [4.69, 9.17) is 0 Å². The molecule has 1 heterocycles. The third-order valence-corrected chi connectivity index (χ3v) is 3.25. The van der Waals surface area contributed by atoms with E-state index in [1.54, 1.807) is 6.07 Å². The quantitative estimate of drug-likeness (QED) is 0.849. The molecule has 1 aromatic carbocycles. The number of aromatic nitrogens is 2. The Morgan fingerprint density at radius 1 is 1.00 bits per heavy atom. The summed E-state index contributed by atoms with van der Waals surface area (Å²) in [6.07, 6.45) is -4.36. The first-order valence-corrected chi connectivity index (χ1v) is 6.82. The summed E-state index contributed by atoms with van der Waals surface area (Å²) >= 11 is 0. The number of alkyl halides is 3. The number of benzene rings is 1. The van der Waals surface area contributed by atoms with E-state index in [1.165, 1.54) is 22.9 Å². The summed E-state index contributed by atoms with van der Waals surface area (Å²) in [6.45, 7) is 6.06. The van der Waals surface area contributed by atoms with Crippen molar-refractivity contribution in [3.05, 3.63) is 63.6 Å². The maximum Gasteiger partial charge on any atom is 0.416 e. The maximum absolute atomic E-state index is 12.5. The molecule has 0 fully saturated rings. The first-order chi connectivity index (χ1) is 10.1. The highest BCUT2D eigenvalue weighted by atomic mass is 19.4. The molecule has 22 heavy (non-hydrogen) atoms. The normalized spacial score (nSPS) is 12.5. The predicted octanol–water partition coefficient (Wildman–Crippen LogP) is 3.61. The van der Waals surface area contributed by atoms with Gasteiger partial charge >= 0.3 is 6.18 Å². The Labute approximate surface area is 126 Å². The third kappa shape index (κ3) is 3.75. The molecule has 0 aliphatic carbocycles. The van der Waals surface area contributed by atoms with E-state index in [0.717, 1.165) is 17.8 Å². The Balaban J connectivity index is 2.29. The maximum atomic E-state index is 12.5. The zero-order chi connectivity index (χ0) is 16.5. The van der Waals surface area contributed by atoms with Crippen molar-refractivity contribution >= 4 is 0 Å². The molecule has 0 radical (unpaired) electrons. The third-order valence-electron chi connectivity index (χ3n) is 3.25. The van der Waals surface area contributed by atoms with Gasteiger partial charge in [-0.15, -0.1) is 0 Å². The van der Waals surface area contributed by atoms with Gasteiger partial charge in [-0.05, 0) is 23.8 Å². The van der Waals surface area contributed by atoms with Gasteiger partial charge in [-0.25, -0.2) is 4.68 Å². The lowest BCUT2D eigenvalue weighted by atomic mass is 9.92. The van der Waals surface area contributed by atoms with Crippen molar-refractivity contribution in [2.45, 2.75) is 38.9 Å². The van der Waals surface area contributed by atoms with E-state index in [0.29, 0.717) is 5.56 Å². The lowest BCUT2D eigenvalue weighted by Gasteiger charge is -2.18. The summed E-state index contributed by atoms with van der Waals surface area (Å²) in [4.78, 5) is 11.8. The van der Waals surface area contributed by atoms with Crippen LogP contribution in [0, 0.1) is 0 Å². The van der Waals surface area contributed by atoms with Crippen molar-refractivity contribution in [3.8, 4) is 0 Å². The van der Waals surface area contributed by atoms with Crippen LogP contribution in [0.1, 0.15) is 37.6 Å². The number of hydrogen-bond acceptors (Lipinski definition) is 2. The smallest absolute Gasteiger partial charge is 0.268 e. The first kappa shape index (κ1) is 16.3. The number of nitrogens with zero attached hydrogens (tertiary/aromatic N) is 2. The summed E-state index contributed by atoms with van der Waals surface area (Å²) in [5.41, 5.74) is 0.135. The molecular weight excluding hydrogens is 293 g/mol. The molecule has 0 saturated heterocycles. The standard InChI is InChI=1S/C16H17F3N2O/c1-15(2,3)13-8-9-14(22)21(20-13)10-11-4-6-12(7-5-11)16(17,18)19/h4-9H,10H2,1-3H3. The topological polar surface area (TPSA) is 34.9 Å². The minimum absolute atomic E-state index is 0.140. The molecule has 0 aliphatic heterocycles. The molecule has 0 saturated carbocycles. The fourth-order valence-corrected chi connectivity index (χ4v) is 1.93. The molecule has 1 aromatic heterocycles. The Kier molecular flexibility index (Phi) is 4.13. The predicted molar refractivity (Wildman–Crippen MR) is 77.7 cm³/mol. The first-order valence-electron chi connectivity index (χ1n) is 6.82. The summed E-state index contributed by atoms with van der Waals surface area (Å²) in [6, 6.07) is 7.84. The van der Waals surface area contributed by atoms with E-state index in [2.05, 4.69) is 5.10 Å². The van der Waals surface area contributed by atoms with Crippen LogP contribution in [0.4, 0.5) is 13.2 Å². The Morgan fingerprint density at radius 3 is 2.09 bits per heavy atom. The molecule has 0 unspecified atom stereocenters. The number of rotatable bonds is 2. The van der Waals surface area contributed by atoms with Crippen LogP contribution in [0.5, 0.6) is 0 Å². The van der Waals surface area contributed by atoms with E-state index < -0.39 is 11.7 Å². The van der Waals surface area contributed by atoms with Gasteiger partial charge in [-0.3, -0.25) is 4.79 Å². The van der Waals surface area contributed by atoms with Gasteiger partial charge in [0.15, 0.2) is 0 Å². The number of halogens is 3. The van der Waals surface area contributed by atoms with Crippen LogP contribution in [-0.2, 0) is 18.1 Å². The highest BCUT2D eigenvalue weighted by molar-refractivity contribution is 5.24. The lowest BCUT2D eigenvalue weighted by molar-refractivity contribution is -0.137. The molecule has 2 rings (SSSR count). The molecule has 2 aromatic rings. The van der Waals surface area contributed by atoms with Crippen LogP contribution in [0.3, 0.4) is 0 Å². The Morgan fingerprint density at radius 2 is 1.59 bits per heavy atom. The van der Waals surface area contributed by atoms with Gasteiger partial charge in [-0.2, -0.15) is 18.3 Å². The summed E-state index contributed by atoms with van der Waals surface area (Å²) < 4.78 is 38.8. The van der Waals surface area contributed by atoms with Crippen LogP contribution < -0.4 is 5.56 Å². The van der Waals surface area contributed by atoms with Crippen molar-refractivity contribution in [2.75, 3.05) is 0 Å². The van der Waals surface area contributed by atoms with Gasteiger partial charge in [0.05, 0.1) is 17.8 Å². The molecule has 0 atom stereocenters. The van der Waals surface area contributed by atoms with Crippen LogP contribution in [0.25, 0.3) is 0 Å². The van der Waals surface area contributed by atoms with Gasteiger partial charge in [0.2, 0.25) is 0 Å². The van der Waals surface area contributed by atoms with E-state index >= 15 is 0 Å². The van der Waals surface area contributed by atoms with Crippen LogP contribution in [-0.4, -0.2) is 9.78 Å². The minimum atomic E-state index is -4.36. The van der Waals surface area contributed by atoms with Crippen LogP contribution in [0.15, 0.2) is 41.2 Å². The highest BCUT2D eigenvalue weighted by Crippen LogP contribution is 2.29. The molecule has 118 valence electrons. The fourth-order valence-electron chi connectivity index (χ4n) is 1.93. The molecule has 0 N–H and O–H groups in total. The Bertz CT molecular complexity index is 710. The second-order valence-corrected chi connectivity index (χ2v) is 6.16. The second kappa shape index (κ2) is 5.59. The molecular formula is C16H17F3N2O. The van der Waals surface area contributed by atoms with Gasteiger partial charge < -0.3 is 0 Å². The molecule has 0 spiro atoms. The van der Waals surface area contributed by atoms with E-state index in [1.807, 2.05) is 20.8 Å². The van der Waals surface area contributed by atoms with Crippen LogP contribution in [0.2, 0.25) is 0 Å². The zero-order valence-electron chi connectivity index (χ0n) is 12.6. The van der Waals surface area contributed by atoms with Crippen molar-refractivity contribution in [2.24, 2.45) is 0 Å². The highest BCUT2D eigenvalue weighted by Gasteiger charge is 2.29. The molecule has 0 amide bonds. The van der Waals surface area contributed by atoms with E-state index in [-0.39, 0.29) is 17.5 Å². The lowest BCUT2D eigenvalue weighted by Crippen LogP contribution is -2.27. The summed E-state index contributed by atoms with van der Waals surface area (Å²) in [5, 5.41) is 4.29. The minimum Gasteiger partial charge on any atom is -0.268 e. The van der Waals surface area contributed by atoms with Crippen molar-refractivity contribution in [1.29, 1.82) is 0 Å². The van der Waals surface area contributed by atoms with Gasteiger partial charge in [0, 0.05) is 11.5 Å². The van der Waals surface area contributed by atoms with Crippen molar-refractivity contribution in [3.63, 3.8) is 0 Å². The van der Waals surface area contributed by atoms with E-state index in [9.17, 15) is 18.0 Å². The average molecular weight is 310 g/mol. The zero-order valence-corrected chi connectivity index (χ0v) is 12.6. The Hall–Kier alpha value is -2.11. The summed E-state index contributed by atoms with van der Waals surface area (Å²) in [7, 11) is 0.